The molecule has 2 heteroatoms. The minimum atomic E-state index is -0.147. The molecule has 2 saturated carbocycles. The molecule has 2 fully saturated rings. The Morgan fingerprint density at radius 1 is 0.727 bits per heavy atom. The first-order chi connectivity index (χ1) is 16.1. The Morgan fingerprint density at radius 3 is 1.91 bits per heavy atom. The molecule has 33 heavy (non-hydrogen) atoms. The maximum atomic E-state index is 14.8. The van der Waals surface area contributed by atoms with Crippen molar-refractivity contribution in [2.45, 2.75) is 90.4 Å². The first-order valence-electron chi connectivity index (χ1n) is 13.5. The van der Waals surface area contributed by atoms with Crippen LogP contribution in [0.4, 0.5) is 8.78 Å². The van der Waals surface area contributed by atoms with E-state index in [2.05, 4.69) is 13.0 Å². The lowest BCUT2D eigenvalue weighted by molar-refractivity contribution is 0.140. The van der Waals surface area contributed by atoms with Gasteiger partial charge in [-0.3, -0.25) is 4.39 Å². The number of hydrogen-bond acceptors (Lipinski definition) is 0. The van der Waals surface area contributed by atoms with Crippen molar-refractivity contribution in [1.82, 2.24) is 0 Å². The smallest absolute Gasteiger partial charge is 0.131 e. The third-order valence-electron chi connectivity index (χ3n) is 8.68. The molecule has 0 radical (unpaired) electrons. The maximum Gasteiger partial charge on any atom is 0.131 e. The van der Waals surface area contributed by atoms with Crippen molar-refractivity contribution in [3.8, 4) is 11.1 Å². The summed E-state index contributed by atoms with van der Waals surface area (Å²) in [6, 6.07) is 13.9. The van der Waals surface area contributed by atoms with E-state index in [4.69, 9.17) is 0 Å². The topological polar surface area (TPSA) is 0 Å². The molecule has 0 atom stereocenters. The molecule has 0 aliphatic heterocycles. The quantitative estimate of drug-likeness (QED) is 0.332. The molecule has 2 aromatic rings. The fourth-order valence-corrected chi connectivity index (χ4v) is 6.48. The summed E-state index contributed by atoms with van der Waals surface area (Å²) >= 11 is 0. The second kappa shape index (κ2) is 12.1. The average molecular weight is 453 g/mol. The van der Waals surface area contributed by atoms with Gasteiger partial charge in [0.25, 0.3) is 0 Å². The SMILES string of the molecule is Cc1ccc(-c2ccc(CCC3CCC(C4CCC(CCCCF)CC4)CC3)cc2F)cc1. The number of halogens is 2. The van der Waals surface area contributed by atoms with Crippen LogP contribution in [0.2, 0.25) is 0 Å². The van der Waals surface area contributed by atoms with Gasteiger partial charge in [0.15, 0.2) is 0 Å². The van der Waals surface area contributed by atoms with E-state index < -0.39 is 0 Å². The van der Waals surface area contributed by atoms with Gasteiger partial charge in [0, 0.05) is 5.56 Å². The summed E-state index contributed by atoms with van der Waals surface area (Å²) < 4.78 is 27.1. The van der Waals surface area contributed by atoms with Crippen molar-refractivity contribution in [1.29, 1.82) is 0 Å². The third-order valence-corrected chi connectivity index (χ3v) is 8.68. The Balaban J connectivity index is 1.19. The molecule has 180 valence electrons. The van der Waals surface area contributed by atoms with E-state index in [1.807, 2.05) is 30.3 Å². The van der Waals surface area contributed by atoms with Gasteiger partial charge in [-0.05, 0) is 92.7 Å². The predicted octanol–water partition coefficient (Wildman–Crippen LogP) is 9.49. The number of benzene rings is 2. The molecule has 0 saturated heterocycles. The van der Waals surface area contributed by atoms with Crippen molar-refractivity contribution in [2.75, 3.05) is 6.67 Å². The number of aryl methyl sites for hydroxylation is 2. The summed E-state index contributed by atoms with van der Waals surface area (Å²) in [5.74, 6) is 3.44. The van der Waals surface area contributed by atoms with Gasteiger partial charge in [-0.1, -0.05) is 80.5 Å². The summed E-state index contributed by atoms with van der Waals surface area (Å²) in [5, 5.41) is 0. The van der Waals surface area contributed by atoms with E-state index in [1.54, 1.807) is 6.07 Å². The van der Waals surface area contributed by atoms with Crippen LogP contribution in [-0.2, 0) is 6.42 Å². The Labute approximate surface area is 200 Å². The standard InChI is InChI=1S/C31H42F2/c1-23-5-14-29(15-6-23)30-20-13-26(22-31(30)33)8-7-25-11-18-28(19-12-25)27-16-9-24(10-17-27)4-2-3-21-32/h5-6,13-15,20,22,24-25,27-28H,2-4,7-12,16-19,21H2,1H3. The molecule has 0 N–H and O–H groups in total. The van der Waals surface area contributed by atoms with Crippen molar-refractivity contribution in [3.63, 3.8) is 0 Å². The molecule has 0 bridgehead atoms. The van der Waals surface area contributed by atoms with Crippen molar-refractivity contribution >= 4 is 0 Å². The van der Waals surface area contributed by atoms with E-state index in [9.17, 15) is 8.78 Å². The van der Waals surface area contributed by atoms with Gasteiger partial charge in [-0.2, -0.15) is 0 Å². The molecule has 0 spiro atoms. The molecule has 2 aliphatic rings. The lowest BCUT2D eigenvalue weighted by atomic mass is 9.68. The van der Waals surface area contributed by atoms with Gasteiger partial charge >= 0.3 is 0 Å². The molecule has 0 aromatic heterocycles. The predicted molar refractivity (Wildman–Crippen MR) is 136 cm³/mol. The van der Waals surface area contributed by atoms with E-state index in [0.717, 1.165) is 54.1 Å². The molecule has 0 amide bonds. The van der Waals surface area contributed by atoms with Crippen LogP contribution < -0.4 is 0 Å². The minimum Gasteiger partial charge on any atom is -0.251 e. The zero-order valence-electron chi connectivity index (χ0n) is 20.5. The van der Waals surface area contributed by atoms with Crippen LogP contribution in [0.5, 0.6) is 0 Å². The fourth-order valence-electron chi connectivity index (χ4n) is 6.48. The normalized spacial score (nSPS) is 25.8. The number of unbranched alkanes of at least 4 members (excludes halogenated alkanes) is 1. The van der Waals surface area contributed by atoms with Crippen LogP contribution in [-0.4, -0.2) is 6.67 Å². The Bertz CT molecular complexity index is 840. The minimum absolute atomic E-state index is 0.0969. The zero-order valence-corrected chi connectivity index (χ0v) is 20.5. The van der Waals surface area contributed by atoms with Gasteiger partial charge < -0.3 is 0 Å². The molecule has 2 aliphatic carbocycles. The molecular formula is C31H42F2. The van der Waals surface area contributed by atoms with Crippen LogP contribution in [0.25, 0.3) is 11.1 Å². The van der Waals surface area contributed by atoms with E-state index in [0.29, 0.717) is 5.56 Å². The summed E-state index contributed by atoms with van der Waals surface area (Å²) in [5.41, 5.74) is 3.99. The van der Waals surface area contributed by atoms with Crippen LogP contribution in [0, 0.1) is 36.4 Å². The summed E-state index contributed by atoms with van der Waals surface area (Å²) in [7, 11) is 0. The van der Waals surface area contributed by atoms with Crippen molar-refractivity contribution in [2.24, 2.45) is 23.7 Å². The molecular weight excluding hydrogens is 410 g/mol. The summed E-state index contributed by atoms with van der Waals surface area (Å²) in [6.45, 7) is 1.91. The monoisotopic (exact) mass is 452 g/mol. The Hall–Kier alpha value is -1.70. The molecule has 0 heterocycles. The van der Waals surface area contributed by atoms with Crippen LogP contribution >= 0.6 is 0 Å². The number of alkyl halides is 1. The number of rotatable bonds is 9. The third kappa shape index (κ3) is 6.90. The van der Waals surface area contributed by atoms with Gasteiger partial charge in [0.1, 0.15) is 5.82 Å². The van der Waals surface area contributed by atoms with E-state index in [1.165, 1.54) is 69.8 Å². The lowest BCUT2D eigenvalue weighted by Crippen LogP contribution is -2.26. The number of hydrogen-bond donors (Lipinski definition) is 0. The Kier molecular flexibility index (Phi) is 8.98. The molecule has 0 unspecified atom stereocenters. The first-order valence-corrected chi connectivity index (χ1v) is 13.5. The summed E-state index contributed by atoms with van der Waals surface area (Å²) in [6.07, 6.45) is 16.3. The molecule has 2 aromatic carbocycles. The largest absolute Gasteiger partial charge is 0.251 e. The highest BCUT2D eigenvalue weighted by atomic mass is 19.1. The fraction of sp³-hybridized carbons (Fsp3) is 0.613. The first kappa shape index (κ1) is 24.4. The maximum absolute atomic E-state index is 14.8. The second-order valence-corrected chi connectivity index (χ2v) is 11.0. The van der Waals surface area contributed by atoms with Crippen LogP contribution in [0.15, 0.2) is 42.5 Å². The van der Waals surface area contributed by atoms with Crippen molar-refractivity contribution < 1.29 is 8.78 Å². The Morgan fingerprint density at radius 2 is 1.33 bits per heavy atom. The molecule has 4 rings (SSSR count). The van der Waals surface area contributed by atoms with Crippen LogP contribution in [0.3, 0.4) is 0 Å². The lowest BCUT2D eigenvalue weighted by Gasteiger charge is -2.38. The van der Waals surface area contributed by atoms with Gasteiger partial charge in [0.2, 0.25) is 0 Å². The van der Waals surface area contributed by atoms with Gasteiger partial charge in [0.05, 0.1) is 6.67 Å². The van der Waals surface area contributed by atoms with Gasteiger partial charge in [-0.25, -0.2) is 4.39 Å². The molecule has 0 nitrogen and oxygen atoms in total. The average Bonchev–Trinajstić information content (AvgIpc) is 2.84. The van der Waals surface area contributed by atoms with E-state index in [-0.39, 0.29) is 12.5 Å². The highest BCUT2D eigenvalue weighted by Crippen LogP contribution is 2.43. The van der Waals surface area contributed by atoms with Crippen LogP contribution in [0.1, 0.15) is 88.2 Å². The van der Waals surface area contributed by atoms with Crippen molar-refractivity contribution in [3.05, 3.63) is 59.4 Å². The van der Waals surface area contributed by atoms with Gasteiger partial charge in [-0.15, -0.1) is 0 Å². The summed E-state index contributed by atoms with van der Waals surface area (Å²) in [4.78, 5) is 0. The second-order valence-electron chi connectivity index (χ2n) is 11.0. The highest BCUT2D eigenvalue weighted by molar-refractivity contribution is 5.64. The van der Waals surface area contributed by atoms with E-state index >= 15 is 0 Å². The zero-order chi connectivity index (χ0) is 23.0. The highest BCUT2D eigenvalue weighted by Gasteiger charge is 2.30.